The molecule has 1 atom stereocenters. The summed E-state index contributed by atoms with van der Waals surface area (Å²) in [7, 11) is 0. The van der Waals surface area contributed by atoms with Crippen LogP contribution in [0.1, 0.15) is 25.5 Å². The van der Waals surface area contributed by atoms with Crippen LogP contribution in [-0.4, -0.2) is 29.2 Å². The number of carbonyl (C=O) groups is 1. The van der Waals surface area contributed by atoms with Gasteiger partial charge in [-0.3, -0.25) is 9.78 Å². The fraction of sp³-hybridized carbons (Fsp3) is 0.538. The number of carbonyl (C=O) groups excluding carboxylic acids is 1. The van der Waals surface area contributed by atoms with Crippen molar-refractivity contribution >= 4 is 17.7 Å². The van der Waals surface area contributed by atoms with Crippen LogP contribution in [0.25, 0.3) is 0 Å². The summed E-state index contributed by atoms with van der Waals surface area (Å²) in [5, 5.41) is 2.86. The Kier molecular flexibility index (Phi) is 7.44. The Labute approximate surface area is 113 Å². The maximum absolute atomic E-state index is 11.5. The standard InChI is InChI=1S/C13H21N3OS/c1-11(14)5-8-16-13(17)6-9-18-10-12-4-2-3-7-15-12/h2-4,7,11H,5-6,8-10,14H2,1H3,(H,16,17). The van der Waals surface area contributed by atoms with Gasteiger partial charge in [-0.05, 0) is 25.5 Å². The first kappa shape index (κ1) is 15.0. The number of amides is 1. The van der Waals surface area contributed by atoms with E-state index < -0.39 is 0 Å². The molecule has 3 N–H and O–H groups in total. The summed E-state index contributed by atoms with van der Waals surface area (Å²) in [6, 6.07) is 6.02. The van der Waals surface area contributed by atoms with Crippen LogP contribution in [0.15, 0.2) is 24.4 Å². The van der Waals surface area contributed by atoms with Crippen LogP contribution in [-0.2, 0) is 10.5 Å². The number of thioether (sulfide) groups is 1. The van der Waals surface area contributed by atoms with E-state index in [1.54, 1.807) is 18.0 Å². The first-order valence-electron chi connectivity index (χ1n) is 6.18. The van der Waals surface area contributed by atoms with E-state index in [9.17, 15) is 4.79 Å². The van der Waals surface area contributed by atoms with Gasteiger partial charge in [0.2, 0.25) is 5.91 Å². The summed E-state index contributed by atoms with van der Waals surface area (Å²) in [5.74, 6) is 1.78. The molecule has 0 saturated carbocycles. The van der Waals surface area contributed by atoms with Crippen molar-refractivity contribution in [2.24, 2.45) is 5.73 Å². The van der Waals surface area contributed by atoms with Crippen LogP contribution in [0, 0.1) is 0 Å². The Bertz CT molecular complexity index is 343. The van der Waals surface area contributed by atoms with Crippen molar-refractivity contribution in [3.8, 4) is 0 Å². The summed E-state index contributed by atoms with van der Waals surface area (Å²) >= 11 is 1.73. The highest BCUT2D eigenvalue weighted by molar-refractivity contribution is 7.98. The summed E-state index contributed by atoms with van der Waals surface area (Å²) < 4.78 is 0. The van der Waals surface area contributed by atoms with Gasteiger partial charge in [0, 0.05) is 36.7 Å². The van der Waals surface area contributed by atoms with Crippen LogP contribution in [0.4, 0.5) is 0 Å². The third kappa shape index (κ3) is 7.29. The van der Waals surface area contributed by atoms with Gasteiger partial charge in [0.05, 0.1) is 5.69 Å². The van der Waals surface area contributed by atoms with Gasteiger partial charge in [-0.2, -0.15) is 11.8 Å². The molecule has 1 unspecified atom stereocenters. The smallest absolute Gasteiger partial charge is 0.220 e. The molecule has 18 heavy (non-hydrogen) atoms. The SMILES string of the molecule is CC(N)CCNC(=O)CCSCc1ccccn1. The number of hydrogen-bond acceptors (Lipinski definition) is 4. The molecule has 0 aliphatic rings. The normalized spacial score (nSPS) is 12.1. The molecule has 1 aromatic rings. The van der Waals surface area contributed by atoms with E-state index in [-0.39, 0.29) is 11.9 Å². The molecule has 0 fully saturated rings. The molecule has 100 valence electrons. The Hall–Kier alpha value is -1.07. The second-order valence-corrected chi connectivity index (χ2v) is 5.34. The monoisotopic (exact) mass is 267 g/mol. The van der Waals surface area contributed by atoms with E-state index in [4.69, 9.17) is 5.73 Å². The minimum Gasteiger partial charge on any atom is -0.356 e. The molecular weight excluding hydrogens is 246 g/mol. The van der Waals surface area contributed by atoms with Gasteiger partial charge in [0.25, 0.3) is 0 Å². The number of nitrogens with zero attached hydrogens (tertiary/aromatic N) is 1. The van der Waals surface area contributed by atoms with Gasteiger partial charge in [-0.25, -0.2) is 0 Å². The van der Waals surface area contributed by atoms with Gasteiger partial charge < -0.3 is 11.1 Å². The van der Waals surface area contributed by atoms with Crippen molar-refractivity contribution in [1.82, 2.24) is 10.3 Å². The van der Waals surface area contributed by atoms with E-state index in [1.165, 1.54) is 0 Å². The lowest BCUT2D eigenvalue weighted by Gasteiger charge is -2.07. The van der Waals surface area contributed by atoms with Gasteiger partial charge >= 0.3 is 0 Å². The molecule has 1 rings (SSSR count). The second-order valence-electron chi connectivity index (χ2n) is 4.24. The molecule has 0 aliphatic heterocycles. The fourth-order valence-corrected chi connectivity index (χ4v) is 2.21. The molecule has 0 aliphatic carbocycles. The van der Waals surface area contributed by atoms with E-state index in [2.05, 4.69) is 10.3 Å². The third-order valence-electron chi connectivity index (χ3n) is 2.37. The molecule has 0 aromatic carbocycles. The van der Waals surface area contributed by atoms with Crippen LogP contribution in [0.2, 0.25) is 0 Å². The maximum Gasteiger partial charge on any atom is 0.220 e. The number of nitrogens with one attached hydrogen (secondary N) is 1. The number of hydrogen-bond donors (Lipinski definition) is 2. The molecule has 0 radical (unpaired) electrons. The molecule has 0 spiro atoms. The van der Waals surface area contributed by atoms with E-state index >= 15 is 0 Å². The first-order chi connectivity index (χ1) is 8.68. The molecule has 0 saturated heterocycles. The van der Waals surface area contributed by atoms with E-state index in [0.717, 1.165) is 23.6 Å². The average molecular weight is 267 g/mol. The molecule has 0 bridgehead atoms. The first-order valence-corrected chi connectivity index (χ1v) is 7.34. The van der Waals surface area contributed by atoms with Crippen LogP contribution < -0.4 is 11.1 Å². The topological polar surface area (TPSA) is 68.0 Å². The summed E-state index contributed by atoms with van der Waals surface area (Å²) in [6.07, 6.45) is 3.17. The Balaban J connectivity index is 2.02. The fourth-order valence-electron chi connectivity index (χ4n) is 1.35. The average Bonchev–Trinajstić information content (AvgIpc) is 2.35. The second kappa shape index (κ2) is 8.94. The van der Waals surface area contributed by atoms with Gasteiger partial charge in [-0.15, -0.1) is 0 Å². The highest BCUT2D eigenvalue weighted by Crippen LogP contribution is 2.10. The molecule has 1 amide bonds. The highest BCUT2D eigenvalue weighted by Gasteiger charge is 2.02. The Morgan fingerprint density at radius 2 is 2.39 bits per heavy atom. The van der Waals surface area contributed by atoms with Gasteiger partial charge in [-0.1, -0.05) is 6.07 Å². The van der Waals surface area contributed by atoms with E-state index in [0.29, 0.717) is 13.0 Å². The third-order valence-corrected chi connectivity index (χ3v) is 3.36. The van der Waals surface area contributed by atoms with Crippen molar-refractivity contribution in [2.75, 3.05) is 12.3 Å². The van der Waals surface area contributed by atoms with Crippen molar-refractivity contribution in [2.45, 2.75) is 31.6 Å². The van der Waals surface area contributed by atoms with Gasteiger partial charge in [0.1, 0.15) is 0 Å². The molecule has 1 heterocycles. The number of rotatable bonds is 8. The molecule has 1 aromatic heterocycles. The van der Waals surface area contributed by atoms with Crippen LogP contribution >= 0.6 is 11.8 Å². The molecular formula is C13H21N3OS. The zero-order valence-electron chi connectivity index (χ0n) is 10.8. The zero-order valence-corrected chi connectivity index (χ0v) is 11.6. The van der Waals surface area contributed by atoms with Crippen molar-refractivity contribution in [3.05, 3.63) is 30.1 Å². The summed E-state index contributed by atoms with van der Waals surface area (Å²) in [6.45, 7) is 2.61. The van der Waals surface area contributed by atoms with Crippen LogP contribution in [0.5, 0.6) is 0 Å². The van der Waals surface area contributed by atoms with Crippen molar-refractivity contribution < 1.29 is 4.79 Å². The van der Waals surface area contributed by atoms with Crippen molar-refractivity contribution in [3.63, 3.8) is 0 Å². The zero-order chi connectivity index (χ0) is 13.2. The largest absolute Gasteiger partial charge is 0.356 e. The van der Waals surface area contributed by atoms with Gasteiger partial charge in [0.15, 0.2) is 0 Å². The van der Waals surface area contributed by atoms with Crippen molar-refractivity contribution in [1.29, 1.82) is 0 Å². The Morgan fingerprint density at radius 1 is 1.56 bits per heavy atom. The summed E-state index contributed by atoms with van der Waals surface area (Å²) in [5.41, 5.74) is 6.66. The Morgan fingerprint density at radius 3 is 3.06 bits per heavy atom. The molecule has 4 nitrogen and oxygen atoms in total. The molecule has 5 heteroatoms. The number of pyridine rings is 1. The highest BCUT2D eigenvalue weighted by atomic mass is 32.2. The minimum absolute atomic E-state index is 0.101. The summed E-state index contributed by atoms with van der Waals surface area (Å²) in [4.78, 5) is 15.7. The van der Waals surface area contributed by atoms with Crippen LogP contribution in [0.3, 0.4) is 0 Å². The van der Waals surface area contributed by atoms with E-state index in [1.807, 2.05) is 25.1 Å². The maximum atomic E-state index is 11.5. The number of aromatic nitrogens is 1. The number of nitrogens with two attached hydrogens (primary N) is 1. The lowest BCUT2D eigenvalue weighted by Crippen LogP contribution is -2.29. The quantitative estimate of drug-likeness (QED) is 0.701. The lowest BCUT2D eigenvalue weighted by atomic mass is 10.2. The predicted molar refractivity (Wildman–Crippen MR) is 76.3 cm³/mol. The minimum atomic E-state index is 0.101. The predicted octanol–water partition coefficient (Wildman–Crippen LogP) is 1.56. The lowest BCUT2D eigenvalue weighted by molar-refractivity contribution is -0.120.